The van der Waals surface area contributed by atoms with E-state index in [9.17, 15) is 14.4 Å². The highest BCUT2D eigenvalue weighted by atomic mass is 16.7. The van der Waals surface area contributed by atoms with Gasteiger partial charge in [-0.2, -0.15) is 0 Å². The number of hydrogen-bond donors (Lipinski definition) is 2. The van der Waals surface area contributed by atoms with Crippen LogP contribution in [0.15, 0.2) is 11.6 Å². The standard InChI is InChI=1S/C10H14O7/c1-2-4-16-10(15)17-5-3-7(9(13)14)6-8(11)12/h6H,2-5H2,1H3,(H,11,12)(H,13,14)/b7-6+. The molecule has 7 heteroatoms. The topological polar surface area (TPSA) is 110 Å². The Bertz CT molecular complexity index is 319. The second kappa shape index (κ2) is 8.14. The second-order valence-electron chi connectivity index (χ2n) is 3.01. The van der Waals surface area contributed by atoms with Crippen LogP contribution in [0.4, 0.5) is 4.79 Å². The SMILES string of the molecule is CCCOC(=O)OCC/C(=C\C(=O)O)C(=O)O. The molecule has 96 valence electrons. The minimum atomic E-state index is -1.36. The summed E-state index contributed by atoms with van der Waals surface area (Å²) in [6.45, 7) is 1.79. The molecule has 0 aromatic rings. The molecule has 7 nitrogen and oxygen atoms in total. The molecule has 0 rings (SSSR count). The summed E-state index contributed by atoms with van der Waals surface area (Å²) < 4.78 is 9.12. The van der Waals surface area contributed by atoms with Crippen LogP contribution in [0.1, 0.15) is 19.8 Å². The summed E-state index contributed by atoms with van der Waals surface area (Å²) in [6.07, 6.45) is 0.118. The van der Waals surface area contributed by atoms with E-state index in [-0.39, 0.29) is 25.2 Å². The maximum Gasteiger partial charge on any atom is 0.508 e. The summed E-state index contributed by atoms with van der Waals surface area (Å²) >= 11 is 0. The summed E-state index contributed by atoms with van der Waals surface area (Å²) in [6, 6.07) is 0. The third kappa shape index (κ3) is 7.83. The first-order valence-corrected chi connectivity index (χ1v) is 4.93. The Morgan fingerprint density at radius 1 is 1.12 bits per heavy atom. The van der Waals surface area contributed by atoms with Gasteiger partial charge in [0, 0.05) is 18.1 Å². The number of aliphatic carboxylic acids is 2. The number of carboxylic acids is 2. The van der Waals surface area contributed by atoms with Crippen LogP contribution in [-0.2, 0) is 19.1 Å². The highest BCUT2D eigenvalue weighted by Gasteiger charge is 2.11. The van der Waals surface area contributed by atoms with Crippen LogP contribution in [-0.4, -0.2) is 41.5 Å². The molecule has 0 aromatic heterocycles. The van der Waals surface area contributed by atoms with E-state index in [0.717, 1.165) is 0 Å². The van der Waals surface area contributed by atoms with Gasteiger partial charge in [-0.3, -0.25) is 0 Å². The van der Waals surface area contributed by atoms with Gasteiger partial charge in [-0.05, 0) is 6.42 Å². The lowest BCUT2D eigenvalue weighted by Gasteiger charge is -2.05. The molecule has 17 heavy (non-hydrogen) atoms. The molecular weight excluding hydrogens is 232 g/mol. The Labute approximate surface area is 97.6 Å². The van der Waals surface area contributed by atoms with Gasteiger partial charge in [0.2, 0.25) is 0 Å². The first-order valence-electron chi connectivity index (χ1n) is 4.93. The van der Waals surface area contributed by atoms with E-state index in [1.165, 1.54) is 0 Å². The van der Waals surface area contributed by atoms with Gasteiger partial charge in [-0.15, -0.1) is 0 Å². The van der Waals surface area contributed by atoms with Gasteiger partial charge in [0.25, 0.3) is 0 Å². The second-order valence-corrected chi connectivity index (χ2v) is 3.01. The predicted octanol–water partition coefficient (Wildman–Crippen LogP) is 1.04. The van der Waals surface area contributed by atoms with Crippen LogP contribution in [0.2, 0.25) is 0 Å². The van der Waals surface area contributed by atoms with Gasteiger partial charge in [-0.1, -0.05) is 6.92 Å². The smallest absolute Gasteiger partial charge is 0.478 e. The molecule has 2 N–H and O–H groups in total. The Morgan fingerprint density at radius 2 is 1.71 bits per heavy atom. The molecule has 0 heterocycles. The first-order chi connectivity index (χ1) is 7.97. The van der Waals surface area contributed by atoms with Crippen molar-refractivity contribution >= 4 is 18.1 Å². The van der Waals surface area contributed by atoms with E-state index in [1.807, 2.05) is 6.92 Å². The Hall–Kier alpha value is -2.05. The highest BCUT2D eigenvalue weighted by molar-refractivity contribution is 5.94. The van der Waals surface area contributed by atoms with Crippen LogP contribution in [0.3, 0.4) is 0 Å². The highest BCUT2D eigenvalue weighted by Crippen LogP contribution is 2.02. The normalized spacial score (nSPS) is 10.8. The molecule has 0 atom stereocenters. The minimum Gasteiger partial charge on any atom is -0.478 e. The Kier molecular flexibility index (Phi) is 7.16. The lowest BCUT2D eigenvalue weighted by molar-refractivity contribution is -0.135. The molecule has 0 amide bonds. The Morgan fingerprint density at radius 3 is 2.18 bits per heavy atom. The summed E-state index contributed by atoms with van der Waals surface area (Å²) in [5.74, 6) is -2.73. The number of hydrogen-bond acceptors (Lipinski definition) is 5. The fourth-order valence-electron chi connectivity index (χ4n) is 0.861. The fourth-order valence-corrected chi connectivity index (χ4v) is 0.861. The van der Waals surface area contributed by atoms with Crippen LogP contribution in [0.25, 0.3) is 0 Å². The molecule has 0 spiro atoms. The average molecular weight is 246 g/mol. The Balaban J connectivity index is 4.03. The maximum atomic E-state index is 10.8. The van der Waals surface area contributed by atoms with Crippen molar-refractivity contribution in [2.24, 2.45) is 0 Å². The zero-order valence-electron chi connectivity index (χ0n) is 9.34. The summed E-state index contributed by atoms with van der Waals surface area (Å²) in [5, 5.41) is 17.0. The zero-order chi connectivity index (χ0) is 13.3. The molecule has 0 aliphatic heterocycles. The van der Waals surface area contributed by atoms with Gasteiger partial charge < -0.3 is 19.7 Å². The molecule has 0 radical (unpaired) electrons. The van der Waals surface area contributed by atoms with Gasteiger partial charge in [0.1, 0.15) is 0 Å². The van der Waals surface area contributed by atoms with Gasteiger partial charge in [0.05, 0.1) is 13.2 Å². The molecule has 0 bridgehead atoms. The first kappa shape index (κ1) is 14.9. The third-order valence-electron chi connectivity index (χ3n) is 1.59. The predicted molar refractivity (Wildman–Crippen MR) is 55.6 cm³/mol. The lowest BCUT2D eigenvalue weighted by atomic mass is 10.2. The van der Waals surface area contributed by atoms with E-state index < -0.39 is 18.1 Å². The van der Waals surface area contributed by atoms with Crippen LogP contribution in [0, 0.1) is 0 Å². The van der Waals surface area contributed by atoms with E-state index >= 15 is 0 Å². The number of rotatable bonds is 7. The van der Waals surface area contributed by atoms with Gasteiger partial charge in [0.15, 0.2) is 0 Å². The van der Waals surface area contributed by atoms with Crippen molar-refractivity contribution < 1.29 is 34.1 Å². The van der Waals surface area contributed by atoms with Crippen LogP contribution >= 0.6 is 0 Å². The maximum absolute atomic E-state index is 10.8. The quantitative estimate of drug-likeness (QED) is 0.510. The number of ether oxygens (including phenoxy) is 2. The van der Waals surface area contributed by atoms with Gasteiger partial charge >= 0.3 is 18.1 Å². The third-order valence-corrected chi connectivity index (χ3v) is 1.59. The van der Waals surface area contributed by atoms with Gasteiger partial charge in [-0.25, -0.2) is 14.4 Å². The molecule has 0 unspecified atom stereocenters. The summed E-state index contributed by atoms with van der Waals surface area (Å²) in [4.78, 5) is 31.7. The van der Waals surface area contributed by atoms with Crippen LogP contribution < -0.4 is 0 Å². The van der Waals surface area contributed by atoms with Crippen molar-refractivity contribution in [2.75, 3.05) is 13.2 Å². The summed E-state index contributed by atoms with van der Waals surface area (Å²) in [7, 11) is 0. The van der Waals surface area contributed by atoms with Crippen molar-refractivity contribution in [3.63, 3.8) is 0 Å². The molecular formula is C10H14O7. The molecule has 0 aliphatic carbocycles. The van der Waals surface area contributed by atoms with E-state index in [2.05, 4.69) is 9.47 Å². The number of carbonyl (C=O) groups excluding carboxylic acids is 1. The zero-order valence-corrected chi connectivity index (χ0v) is 9.34. The average Bonchev–Trinajstić information content (AvgIpc) is 2.24. The van der Waals surface area contributed by atoms with E-state index in [1.54, 1.807) is 0 Å². The van der Waals surface area contributed by atoms with Crippen molar-refractivity contribution in [3.8, 4) is 0 Å². The van der Waals surface area contributed by atoms with Crippen LogP contribution in [0.5, 0.6) is 0 Å². The number of carbonyl (C=O) groups is 3. The molecule has 0 aromatic carbocycles. The van der Waals surface area contributed by atoms with Crippen molar-refractivity contribution in [2.45, 2.75) is 19.8 Å². The molecule has 0 saturated carbocycles. The molecule has 0 aliphatic rings. The monoisotopic (exact) mass is 246 g/mol. The minimum absolute atomic E-state index is 0.192. The van der Waals surface area contributed by atoms with E-state index in [0.29, 0.717) is 12.5 Å². The molecule has 0 fully saturated rings. The lowest BCUT2D eigenvalue weighted by Crippen LogP contribution is -2.12. The van der Waals surface area contributed by atoms with Crippen molar-refractivity contribution in [1.82, 2.24) is 0 Å². The largest absolute Gasteiger partial charge is 0.508 e. The number of carboxylic acid groups (broad SMARTS) is 2. The fraction of sp³-hybridized carbons (Fsp3) is 0.500. The van der Waals surface area contributed by atoms with Crippen molar-refractivity contribution in [3.05, 3.63) is 11.6 Å². The van der Waals surface area contributed by atoms with Crippen molar-refractivity contribution in [1.29, 1.82) is 0 Å². The van der Waals surface area contributed by atoms with E-state index in [4.69, 9.17) is 10.2 Å². The molecule has 0 saturated heterocycles. The summed E-state index contributed by atoms with van der Waals surface area (Å²) in [5.41, 5.74) is -0.346.